The number of hydrogen-bond donors (Lipinski definition) is 1. The molecule has 0 bridgehead atoms. The fourth-order valence-electron chi connectivity index (χ4n) is 4.69. The molecule has 1 unspecified atom stereocenters. The van der Waals surface area contributed by atoms with Crippen LogP contribution in [-0.2, 0) is 16.0 Å². The number of hydrogen-bond acceptors (Lipinski definition) is 3. The van der Waals surface area contributed by atoms with Gasteiger partial charge in [0, 0.05) is 31.7 Å². The molecule has 0 saturated carbocycles. The molecule has 2 fully saturated rings. The molecule has 2 heterocycles. The Morgan fingerprint density at radius 3 is 2.03 bits per heavy atom. The number of carbonyl (C=O) groups is 3. The van der Waals surface area contributed by atoms with E-state index in [1.807, 2.05) is 58.3 Å². The molecule has 4 rings (SSSR count). The normalized spacial score (nSPS) is 17.8. The van der Waals surface area contributed by atoms with Crippen LogP contribution in [0.2, 0.25) is 0 Å². The minimum absolute atomic E-state index is 0.0147. The molecular formula is C26H31N3O3. The number of benzene rings is 2. The van der Waals surface area contributed by atoms with Crippen LogP contribution in [0.3, 0.4) is 0 Å². The zero-order chi connectivity index (χ0) is 22.3. The lowest BCUT2D eigenvalue weighted by Gasteiger charge is -2.37. The highest BCUT2D eigenvalue weighted by Gasteiger charge is 2.36. The Morgan fingerprint density at radius 2 is 1.41 bits per heavy atom. The van der Waals surface area contributed by atoms with Crippen LogP contribution in [0.5, 0.6) is 0 Å². The molecule has 2 aliphatic heterocycles. The van der Waals surface area contributed by atoms with Crippen molar-refractivity contribution < 1.29 is 14.4 Å². The van der Waals surface area contributed by atoms with Crippen LogP contribution >= 0.6 is 0 Å². The molecule has 6 heteroatoms. The minimum atomic E-state index is -0.549. The van der Waals surface area contributed by atoms with Gasteiger partial charge in [-0.15, -0.1) is 0 Å². The van der Waals surface area contributed by atoms with Gasteiger partial charge in [-0.05, 0) is 49.3 Å². The van der Waals surface area contributed by atoms with Gasteiger partial charge in [0.15, 0.2) is 0 Å². The summed E-state index contributed by atoms with van der Waals surface area (Å²) in [6, 6.07) is 18.3. The highest BCUT2D eigenvalue weighted by atomic mass is 16.2. The third-order valence-electron chi connectivity index (χ3n) is 6.57. The first kappa shape index (κ1) is 22.1. The average Bonchev–Trinajstić information content (AvgIpc) is 3.38. The number of piperidine rings is 1. The number of nitrogens with zero attached hydrogens (tertiary/aromatic N) is 2. The summed E-state index contributed by atoms with van der Waals surface area (Å²) in [7, 11) is 0. The van der Waals surface area contributed by atoms with Gasteiger partial charge in [0.1, 0.15) is 6.04 Å². The maximum absolute atomic E-state index is 13.3. The van der Waals surface area contributed by atoms with Crippen molar-refractivity contribution in [3.63, 3.8) is 0 Å². The second-order valence-electron chi connectivity index (χ2n) is 8.73. The van der Waals surface area contributed by atoms with E-state index in [-0.39, 0.29) is 23.6 Å². The van der Waals surface area contributed by atoms with E-state index >= 15 is 0 Å². The second-order valence-corrected chi connectivity index (χ2v) is 8.73. The maximum atomic E-state index is 13.3. The molecule has 0 aromatic heterocycles. The van der Waals surface area contributed by atoms with Gasteiger partial charge >= 0.3 is 0 Å². The Balaban J connectivity index is 1.40. The lowest BCUT2D eigenvalue weighted by molar-refractivity contribution is -0.135. The van der Waals surface area contributed by atoms with Gasteiger partial charge in [-0.3, -0.25) is 14.4 Å². The zero-order valence-electron chi connectivity index (χ0n) is 18.4. The first-order chi connectivity index (χ1) is 15.6. The van der Waals surface area contributed by atoms with E-state index in [1.165, 1.54) is 0 Å². The van der Waals surface area contributed by atoms with Crippen molar-refractivity contribution in [3.8, 4) is 0 Å². The van der Waals surface area contributed by atoms with Crippen LogP contribution in [0, 0.1) is 5.92 Å². The molecule has 3 amide bonds. The molecule has 32 heavy (non-hydrogen) atoms. The summed E-state index contributed by atoms with van der Waals surface area (Å²) < 4.78 is 0. The first-order valence-electron chi connectivity index (χ1n) is 11.6. The van der Waals surface area contributed by atoms with Crippen LogP contribution in [0.1, 0.15) is 41.6 Å². The third kappa shape index (κ3) is 5.36. The van der Waals surface area contributed by atoms with Gasteiger partial charge in [-0.25, -0.2) is 0 Å². The monoisotopic (exact) mass is 433 g/mol. The molecule has 2 aliphatic rings. The summed E-state index contributed by atoms with van der Waals surface area (Å²) in [6.07, 6.45) is 3.83. The predicted molar refractivity (Wildman–Crippen MR) is 123 cm³/mol. The lowest BCUT2D eigenvalue weighted by atomic mass is 9.88. The van der Waals surface area contributed by atoms with Crippen LogP contribution in [0.15, 0.2) is 60.7 Å². The molecule has 0 radical (unpaired) electrons. The van der Waals surface area contributed by atoms with E-state index < -0.39 is 6.04 Å². The van der Waals surface area contributed by atoms with Gasteiger partial charge < -0.3 is 15.1 Å². The Hall–Kier alpha value is -3.15. The molecule has 168 valence electrons. The fraction of sp³-hybridized carbons (Fsp3) is 0.423. The number of rotatable bonds is 6. The Labute approximate surface area is 189 Å². The number of likely N-dealkylation sites (tertiary alicyclic amines) is 2. The Morgan fingerprint density at radius 1 is 0.812 bits per heavy atom. The van der Waals surface area contributed by atoms with Gasteiger partial charge in [-0.2, -0.15) is 0 Å². The van der Waals surface area contributed by atoms with E-state index in [4.69, 9.17) is 0 Å². The molecule has 0 aliphatic carbocycles. The van der Waals surface area contributed by atoms with Crippen molar-refractivity contribution in [1.82, 2.24) is 15.1 Å². The average molecular weight is 434 g/mol. The van der Waals surface area contributed by atoms with Crippen molar-refractivity contribution in [1.29, 1.82) is 0 Å². The third-order valence-corrected chi connectivity index (χ3v) is 6.57. The van der Waals surface area contributed by atoms with Crippen LogP contribution in [0.25, 0.3) is 0 Å². The standard InChI is InChI=1S/C26H31N3O3/c30-23(19-20-9-3-1-4-10-20)28-17-13-21(14-18-28)24(26(32)29-15-7-8-16-29)27-25(31)22-11-5-2-6-12-22/h1-6,9-12,21,24H,7-8,13-19H2,(H,27,31). The molecule has 6 nitrogen and oxygen atoms in total. The first-order valence-corrected chi connectivity index (χ1v) is 11.6. The van der Waals surface area contributed by atoms with Gasteiger partial charge in [-0.1, -0.05) is 48.5 Å². The molecule has 2 saturated heterocycles. The van der Waals surface area contributed by atoms with Crippen LogP contribution in [-0.4, -0.2) is 59.7 Å². The van der Waals surface area contributed by atoms with Gasteiger partial charge in [0.25, 0.3) is 5.91 Å². The van der Waals surface area contributed by atoms with Crippen molar-refractivity contribution in [3.05, 3.63) is 71.8 Å². The summed E-state index contributed by atoms with van der Waals surface area (Å²) >= 11 is 0. The number of nitrogens with one attached hydrogen (secondary N) is 1. The number of carbonyl (C=O) groups excluding carboxylic acids is 3. The van der Waals surface area contributed by atoms with Crippen molar-refractivity contribution in [2.75, 3.05) is 26.2 Å². The molecule has 2 aromatic carbocycles. The maximum Gasteiger partial charge on any atom is 0.251 e. The summed E-state index contributed by atoms with van der Waals surface area (Å²) in [5, 5.41) is 3.03. The lowest BCUT2D eigenvalue weighted by Crippen LogP contribution is -2.54. The summed E-state index contributed by atoms with van der Waals surface area (Å²) in [5.74, 6) is -0.0616. The quantitative estimate of drug-likeness (QED) is 0.762. The molecule has 1 N–H and O–H groups in total. The summed E-state index contributed by atoms with van der Waals surface area (Å²) in [4.78, 5) is 42.6. The Kier molecular flexibility index (Phi) is 7.20. The number of amides is 3. The molecule has 2 aromatic rings. The Bertz CT molecular complexity index is 918. The van der Waals surface area contributed by atoms with E-state index in [9.17, 15) is 14.4 Å². The summed E-state index contributed by atoms with van der Waals surface area (Å²) in [5.41, 5.74) is 1.57. The molecule has 0 spiro atoms. The predicted octanol–water partition coefficient (Wildman–Crippen LogP) is 2.89. The van der Waals surface area contributed by atoms with E-state index in [0.29, 0.717) is 37.9 Å². The van der Waals surface area contributed by atoms with Crippen molar-refractivity contribution in [2.45, 2.75) is 38.1 Å². The van der Waals surface area contributed by atoms with Crippen molar-refractivity contribution in [2.24, 2.45) is 5.92 Å². The van der Waals surface area contributed by atoms with E-state index in [0.717, 1.165) is 31.5 Å². The largest absolute Gasteiger partial charge is 0.342 e. The highest BCUT2D eigenvalue weighted by molar-refractivity contribution is 5.97. The molecular weight excluding hydrogens is 402 g/mol. The van der Waals surface area contributed by atoms with Crippen LogP contribution in [0.4, 0.5) is 0 Å². The zero-order valence-corrected chi connectivity index (χ0v) is 18.4. The molecule has 1 atom stereocenters. The van der Waals surface area contributed by atoms with Gasteiger partial charge in [0.2, 0.25) is 11.8 Å². The fourth-order valence-corrected chi connectivity index (χ4v) is 4.69. The SMILES string of the molecule is O=C(NC(C(=O)N1CCCC1)C1CCN(C(=O)Cc2ccccc2)CC1)c1ccccc1. The summed E-state index contributed by atoms with van der Waals surface area (Å²) in [6.45, 7) is 2.73. The highest BCUT2D eigenvalue weighted by Crippen LogP contribution is 2.24. The minimum Gasteiger partial charge on any atom is -0.342 e. The van der Waals surface area contributed by atoms with Crippen LogP contribution < -0.4 is 5.32 Å². The van der Waals surface area contributed by atoms with Crippen molar-refractivity contribution >= 4 is 17.7 Å². The van der Waals surface area contributed by atoms with Gasteiger partial charge in [0.05, 0.1) is 6.42 Å². The van der Waals surface area contributed by atoms with E-state index in [2.05, 4.69) is 5.32 Å². The topological polar surface area (TPSA) is 69.7 Å². The van der Waals surface area contributed by atoms with E-state index in [1.54, 1.807) is 12.1 Å². The smallest absolute Gasteiger partial charge is 0.251 e. The second kappa shape index (κ2) is 10.4.